The predicted octanol–water partition coefficient (Wildman–Crippen LogP) is 3.09. The first-order valence-corrected chi connectivity index (χ1v) is 9.94. The van der Waals surface area contributed by atoms with Crippen LogP contribution < -0.4 is 16.0 Å². The van der Waals surface area contributed by atoms with Gasteiger partial charge in [0.2, 0.25) is 0 Å². The largest absolute Gasteiger partial charge is 0.379 e. The molecule has 1 aliphatic rings. The molecule has 3 rings (SSSR count). The Morgan fingerprint density at radius 3 is 2.55 bits per heavy atom. The lowest BCUT2D eigenvalue weighted by Gasteiger charge is -2.26. The Hall–Kier alpha value is -2.90. The van der Waals surface area contributed by atoms with E-state index in [0.717, 1.165) is 50.5 Å². The van der Waals surface area contributed by atoms with Gasteiger partial charge in [0, 0.05) is 36.6 Å². The van der Waals surface area contributed by atoms with E-state index in [0.29, 0.717) is 17.8 Å². The van der Waals surface area contributed by atoms with Crippen molar-refractivity contribution in [3.05, 3.63) is 59.7 Å². The predicted molar refractivity (Wildman–Crippen MR) is 114 cm³/mol. The fourth-order valence-electron chi connectivity index (χ4n) is 3.12. The van der Waals surface area contributed by atoms with E-state index >= 15 is 0 Å². The van der Waals surface area contributed by atoms with Crippen molar-refractivity contribution >= 4 is 23.3 Å². The van der Waals surface area contributed by atoms with Crippen LogP contribution in [-0.2, 0) is 4.74 Å². The highest BCUT2D eigenvalue weighted by Crippen LogP contribution is 2.18. The number of anilines is 2. The molecule has 1 aliphatic heterocycles. The lowest BCUT2D eigenvalue weighted by Crippen LogP contribution is -2.38. The van der Waals surface area contributed by atoms with Crippen LogP contribution in [0.4, 0.5) is 16.2 Å². The highest BCUT2D eigenvalue weighted by Gasteiger charge is 2.12. The zero-order chi connectivity index (χ0) is 20.5. The van der Waals surface area contributed by atoms with Crippen LogP contribution in [0, 0.1) is 6.92 Å². The second-order valence-electron chi connectivity index (χ2n) is 7.04. The number of benzene rings is 2. The van der Waals surface area contributed by atoms with Gasteiger partial charge in [0.15, 0.2) is 0 Å². The molecule has 7 nitrogen and oxygen atoms in total. The van der Waals surface area contributed by atoms with E-state index in [1.165, 1.54) is 0 Å². The van der Waals surface area contributed by atoms with Crippen molar-refractivity contribution in [1.82, 2.24) is 10.2 Å². The molecular weight excluding hydrogens is 368 g/mol. The Kier molecular flexibility index (Phi) is 7.61. The van der Waals surface area contributed by atoms with Crippen LogP contribution >= 0.6 is 0 Å². The topological polar surface area (TPSA) is 82.7 Å². The summed E-state index contributed by atoms with van der Waals surface area (Å²) in [6.07, 6.45) is 0.881. The minimum absolute atomic E-state index is 0.217. The first kappa shape index (κ1) is 20.8. The van der Waals surface area contributed by atoms with E-state index in [4.69, 9.17) is 4.74 Å². The molecule has 0 unspecified atom stereocenters. The molecule has 0 spiro atoms. The summed E-state index contributed by atoms with van der Waals surface area (Å²) in [6, 6.07) is 14.3. The minimum atomic E-state index is -0.268. The van der Waals surface area contributed by atoms with Gasteiger partial charge in [0.05, 0.1) is 13.2 Å². The Morgan fingerprint density at radius 2 is 1.79 bits per heavy atom. The Morgan fingerprint density at radius 1 is 1.03 bits per heavy atom. The third-order valence-electron chi connectivity index (χ3n) is 4.82. The van der Waals surface area contributed by atoms with Crippen LogP contribution in [0.15, 0.2) is 48.5 Å². The van der Waals surface area contributed by atoms with Gasteiger partial charge in [-0.05, 0) is 49.7 Å². The standard InChI is InChI=1S/C22H28N4O3/c1-17-8-9-18(21(27)24-19-6-3-2-4-7-19)16-20(17)25-22(28)23-10-5-11-26-12-14-29-15-13-26/h2-4,6-9,16H,5,10-15H2,1H3,(H,24,27)(H2,23,25,28). The first-order valence-electron chi connectivity index (χ1n) is 9.94. The summed E-state index contributed by atoms with van der Waals surface area (Å²) in [5, 5.41) is 8.57. The van der Waals surface area contributed by atoms with Gasteiger partial charge < -0.3 is 20.7 Å². The number of hydrogen-bond donors (Lipinski definition) is 3. The number of carbonyl (C=O) groups excluding carboxylic acids is 2. The molecule has 2 aromatic carbocycles. The number of hydrogen-bond acceptors (Lipinski definition) is 4. The van der Waals surface area contributed by atoms with E-state index in [1.807, 2.05) is 43.3 Å². The molecule has 1 heterocycles. The average molecular weight is 396 g/mol. The van der Waals surface area contributed by atoms with Crippen molar-refractivity contribution in [3.8, 4) is 0 Å². The molecule has 0 atom stereocenters. The van der Waals surface area contributed by atoms with Crippen LogP contribution in [0.25, 0.3) is 0 Å². The van der Waals surface area contributed by atoms with Gasteiger partial charge in [0.1, 0.15) is 0 Å². The fourth-order valence-corrected chi connectivity index (χ4v) is 3.12. The molecule has 3 amide bonds. The van der Waals surface area contributed by atoms with Crippen molar-refractivity contribution in [3.63, 3.8) is 0 Å². The van der Waals surface area contributed by atoms with Crippen LogP contribution in [0.5, 0.6) is 0 Å². The smallest absolute Gasteiger partial charge is 0.319 e. The second kappa shape index (κ2) is 10.6. The molecule has 0 saturated carbocycles. The molecule has 2 aromatic rings. The molecule has 7 heteroatoms. The number of nitrogens with zero attached hydrogens (tertiary/aromatic N) is 1. The third-order valence-corrected chi connectivity index (χ3v) is 4.82. The number of morpholine rings is 1. The van der Waals surface area contributed by atoms with Crippen LogP contribution in [0.3, 0.4) is 0 Å². The van der Waals surface area contributed by atoms with Crippen LogP contribution in [0.2, 0.25) is 0 Å². The number of para-hydroxylation sites is 1. The van der Waals surface area contributed by atoms with E-state index in [9.17, 15) is 9.59 Å². The molecule has 0 aliphatic carbocycles. The number of rotatable bonds is 7. The SMILES string of the molecule is Cc1ccc(C(=O)Nc2ccccc2)cc1NC(=O)NCCCN1CCOCC1. The van der Waals surface area contributed by atoms with Gasteiger partial charge in [-0.15, -0.1) is 0 Å². The van der Waals surface area contributed by atoms with Gasteiger partial charge in [-0.1, -0.05) is 24.3 Å². The zero-order valence-electron chi connectivity index (χ0n) is 16.7. The molecular formula is C22H28N4O3. The molecule has 3 N–H and O–H groups in total. The summed E-state index contributed by atoms with van der Waals surface area (Å²) in [5.41, 5.74) is 2.73. The molecule has 154 valence electrons. The third kappa shape index (κ3) is 6.58. The molecule has 0 radical (unpaired) electrons. The van der Waals surface area contributed by atoms with Crippen molar-refractivity contribution in [2.75, 3.05) is 50.0 Å². The summed E-state index contributed by atoms with van der Waals surface area (Å²) >= 11 is 0. The zero-order valence-corrected chi connectivity index (χ0v) is 16.7. The molecule has 1 fully saturated rings. The Bertz CT molecular complexity index is 820. The number of aryl methyl sites for hydroxylation is 1. The second-order valence-corrected chi connectivity index (χ2v) is 7.04. The van der Waals surface area contributed by atoms with E-state index in [-0.39, 0.29) is 11.9 Å². The number of amides is 3. The number of nitrogens with one attached hydrogen (secondary N) is 3. The van der Waals surface area contributed by atoms with Gasteiger partial charge >= 0.3 is 6.03 Å². The fraction of sp³-hybridized carbons (Fsp3) is 0.364. The molecule has 0 aromatic heterocycles. The Balaban J connectivity index is 1.48. The van der Waals surface area contributed by atoms with Crippen molar-refractivity contribution in [1.29, 1.82) is 0 Å². The van der Waals surface area contributed by atoms with Crippen molar-refractivity contribution in [2.45, 2.75) is 13.3 Å². The van der Waals surface area contributed by atoms with E-state index in [1.54, 1.807) is 12.1 Å². The number of urea groups is 1. The highest BCUT2D eigenvalue weighted by atomic mass is 16.5. The minimum Gasteiger partial charge on any atom is -0.379 e. The first-order chi connectivity index (χ1) is 14.1. The monoisotopic (exact) mass is 396 g/mol. The average Bonchev–Trinajstić information content (AvgIpc) is 2.74. The summed E-state index contributed by atoms with van der Waals surface area (Å²) in [5.74, 6) is -0.217. The lowest BCUT2D eigenvalue weighted by molar-refractivity contribution is 0.0375. The maximum absolute atomic E-state index is 12.5. The lowest BCUT2D eigenvalue weighted by atomic mass is 10.1. The van der Waals surface area contributed by atoms with Gasteiger partial charge in [-0.25, -0.2) is 4.79 Å². The maximum atomic E-state index is 12.5. The highest BCUT2D eigenvalue weighted by molar-refractivity contribution is 6.05. The van der Waals surface area contributed by atoms with Gasteiger partial charge in [-0.3, -0.25) is 9.69 Å². The maximum Gasteiger partial charge on any atom is 0.319 e. The summed E-state index contributed by atoms with van der Waals surface area (Å²) in [6.45, 7) is 6.89. The van der Waals surface area contributed by atoms with Crippen molar-refractivity contribution < 1.29 is 14.3 Å². The normalized spacial score (nSPS) is 14.2. The van der Waals surface area contributed by atoms with E-state index in [2.05, 4.69) is 20.9 Å². The molecule has 0 bridgehead atoms. The number of ether oxygens (including phenoxy) is 1. The van der Waals surface area contributed by atoms with Crippen LogP contribution in [0.1, 0.15) is 22.3 Å². The van der Waals surface area contributed by atoms with Gasteiger partial charge in [0.25, 0.3) is 5.91 Å². The molecule has 29 heavy (non-hydrogen) atoms. The van der Waals surface area contributed by atoms with Crippen molar-refractivity contribution in [2.24, 2.45) is 0 Å². The number of carbonyl (C=O) groups is 2. The summed E-state index contributed by atoms with van der Waals surface area (Å²) in [4.78, 5) is 27.0. The Labute approximate surface area is 171 Å². The van der Waals surface area contributed by atoms with E-state index < -0.39 is 0 Å². The van der Waals surface area contributed by atoms with Crippen LogP contribution in [-0.4, -0.2) is 56.2 Å². The summed E-state index contributed by atoms with van der Waals surface area (Å²) < 4.78 is 5.33. The molecule has 1 saturated heterocycles. The van der Waals surface area contributed by atoms with Gasteiger partial charge in [-0.2, -0.15) is 0 Å². The quantitative estimate of drug-likeness (QED) is 0.628. The summed E-state index contributed by atoms with van der Waals surface area (Å²) in [7, 11) is 0.